The number of amides is 1. The fraction of sp³-hybridized carbons (Fsp3) is 0.333. The van der Waals surface area contributed by atoms with Gasteiger partial charge < -0.3 is 21.2 Å². The third-order valence-electron chi connectivity index (χ3n) is 2.60. The zero-order valence-corrected chi connectivity index (χ0v) is 10.7. The summed E-state index contributed by atoms with van der Waals surface area (Å²) in [5, 5.41) is 14.1. The summed E-state index contributed by atoms with van der Waals surface area (Å²) in [6, 6.07) is 7.41. The van der Waals surface area contributed by atoms with E-state index < -0.39 is 5.92 Å². The number of nitrogens with one attached hydrogen (secondary N) is 1. The van der Waals surface area contributed by atoms with E-state index in [0.29, 0.717) is 5.69 Å². The Hall–Kier alpha value is -2.24. The van der Waals surface area contributed by atoms with Crippen LogP contribution in [0.1, 0.15) is 6.92 Å². The highest BCUT2D eigenvalue weighted by molar-refractivity contribution is 6.08. The number of benzene rings is 1. The predicted molar refractivity (Wildman–Crippen MR) is 72.0 cm³/mol. The molecule has 98 valence electrons. The van der Waals surface area contributed by atoms with Gasteiger partial charge in [-0.3, -0.25) is 4.79 Å². The van der Waals surface area contributed by atoms with Crippen LogP contribution in [0.4, 0.5) is 11.4 Å². The van der Waals surface area contributed by atoms with Crippen molar-refractivity contribution in [2.24, 2.45) is 16.8 Å². The van der Waals surface area contributed by atoms with Gasteiger partial charge >= 0.3 is 0 Å². The Morgan fingerprint density at radius 3 is 2.61 bits per heavy atom. The molecule has 0 aromatic heterocycles. The number of carbonyl (C=O) groups is 1. The highest BCUT2D eigenvalue weighted by atomic mass is 16.4. The van der Waals surface area contributed by atoms with Gasteiger partial charge in [0, 0.05) is 14.1 Å². The lowest BCUT2D eigenvalue weighted by molar-refractivity contribution is -0.117. The standard InChI is InChI=1S/C12H18N4O2/c1-8(11(13)15-18)12(17)14-9-6-4-5-7-10(9)16(2)3/h4-8,18H,1-3H3,(H2,13,15)(H,14,17). The Labute approximate surface area is 106 Å². The predicted octanol–water partition coefficient (Wildman–Crippen LogP) is 1.07. The Kier molecular flexibility index (Phi) is 4.53. The zero-order valence-electron chi connectivity index (χ0n) is 10.7. The van der Waals surface area contributed by atoms with Crippen molar-refractivity contribution in [2.45, 2.75) is 6.92 Å². The van der Waals surface area contributed by atoms with Gasteiger partial charge in [0.2, 0.25) is 5.91 Å². The van der Waals surface area contributed by atoms with E-state index in [0.717, 1.165) is 5.69 Å². The summed E-state index contributed by atoms with van der Waals surface area (Å²) < 4.78 is 0. The van der Waals surface area contributed by atoms with Gasteiger partial charge in [-0.25, -0.2) is 0 Å². The van der Waals surface area contributed by atoms with Crippen molar-refractivity contribution in [2.75, 3.05) is 24.3 Å². The number of para-hydroxylation sites is 2. The first kappa shape index (κ1) is 13.8. The van der Waals surface area contributed by atoms with Crippen LogP contribution in [0.25, 0.3) is 0 Å². The molecule has 0 saturated heterocycles. The number of anilines is 2. The van der Waals surface area contributed by atoms with Crippen LogP contribution in [-0.2, 0) is 4.79 Å². The van der Waals surface area contributed by atoms with Gasteiger partial charge in [0.25, 0.3) is 0 Å². The van der Waals surface area contributed by atoms with Crippen LogP contribution in [-0.4, -0.2) is 31.0 Å². The number of amidine groups is 1. The van der Waals surface area contributed by atoms with Crippen LogP contribution >= 0.6 is 0 Å². The minimum Gasteiger partial charge on any atom is -0.409 e. The summed E-state index contributed by atoms with van der Waals surface area (Å²) >= 11 is 0. The lowest BCUT2D eigenvalue weighted by Crippen LogP contribution is -2.32. The molecule has 0 fully saturated rings. The van der Waals surface area contributed by atoms with Crippen molar-refractivity contribution >= 4 is 23.1 Å². The first-order chi connectivity index (χ1) is 8.47. The molecule has 1 amide bonds. The summed E-state index contributed by atoms with van der Waals surface area (Å²) in [4.78, 5) is 13.8. The number of rotatable bonds is 4. The van der Waals surface area contributed by atoms with Crippen molar-refractivity contribution in [1.29, 1.82) is 0 Å². The molecule has 0 bridgehead atoms. The Morgan fingerprint density at radius 1 is 1.44 bits per heavy atom. The molecule has 4 N–H and O–H groups in total. The summed E-state index contributed by atoms with van der Waals surface area (Å²) in [5.41, 5.74) is 6.97. The van der Waals surface area contributed by atoms with Gasteiger partial charge in [-0.1, -0.05) is 17.3 Å². The first-order valence-corrected chi connectivity index (χ1v) is 5.52. The minimum absolute atomic E-state index is 0.116. The second kappa shape index (κ2) is 5.90. The lowest BCUT2D eigenvalue weighted by atomic mass is 10.1. The maximum Gasteiger partial charge on any atom is 0.234 e. The van der Waals surface area contributed by atoms with Gasteiger partial charge in [0.1, 0.15) is 0 Å². The molecule has 18 heavy (non-hydrogen) atoms. The number of carbonyl (C=O) groups excluding carboxylic acids is 1. The van der Waals surface area contributed by atoms with E-state index in [1.165, 1.54) is 0 Å². The molecule has 1 rings (SSSR count). The van der Waals surface area contributed by atoms with Crippen molar-refractivity contribution in [3.63, 3.8) is 0 Å². The number of hydrogen-bond acceptors (Lipinski definition) is 4. The number of nitrogens with zero attached hydrogens (tertiary/aromatic N) is 2. The van der Waals surface area contributed by atoms with Crippen LogP contribution in [0.5, 0.6) is 0 Å². The normalized spacial score (nSPS) is 12.9. The fourth-order valence-corrected chi connectivity index (χ4v) is 1.43. The third-order valence-corrected chi connectivity index (χ3v) is 2.60. The molecule has 0 heterocycles. The second-order valence-corrected chi connectivity index (χ2v) is 4.15. The minimum atomic E-state index is -0.690. The largest absolute Gasteiger partial charge is 0.409 e. The number of oxime groups is 1. The lowest BCUT2D eigenvalue weighted by Gasteiger charge is -2.19. The summed E-state index contributed by atoms with van der Waals surface area (Å²) in [7, 11) is 3.77. The van der Waals surface area contributed by atoms with Crippen molar-refractivity contribution < 1.29 is 10.0 Å². The Bertz CT molecular complexity index is 457. The molecule has 6 heteroatoms. The maximum atomic E-state index is 11.9. The van der Waals surface area contributed by atoms with Crippen LogP contribution in [0.3, 0.4) is 0 Å². The molecule has 0 aliphatic heterocycles. The van der Waals surface area contributed by atoms with Crippen LogP contribution < -0.4 is 16.0 Å². The molecule has 0 radical (unpaired) electrons. The Morgan fingerprint density at radius 2 is 2.06 bits per heavy atom. The van der Waals surface area contributed by atoms with Gasteiger partial charge in [0.05, 0.1) is 17.3 Å². The average Bonchev–Trinajstić information content (AvgIpc) is 2.37. The van der Waals surface area contributed by atoms with Crippen molar-refractivity contribution in [3.8, 4) is 0 Å². The topological polar surface area (TPSA) is 91.0 Å². The van der Waals surface area contributed by atoms with Crippen LogP contribution in [0, 0.1) is 5.92 Å². The third kappa shape index (κ3) is 3.13. The molecule has 1 atom stereocenters. The fourth-order valence-electron chi connectivity index (χ4n) is 1.43. The molecular weight excluding hydrogens is 232 g/mol. The molecular formula is C12H18N4O2. The molecule has 0 aliphatic rings. The molecule has 1 aromatic carbocycles. The molecule has 0 aliphatic carbocycles. The molecule has 1 unspecified atom stereocenters. The van der Waals surface area contributed by atoms with E-state index in [2.05, 4.69) is 10.5 Å². The summed E-state index contributed by atoms with van der Waals surface area (Å²) in [5.74, 6) is -1.13. The highest BCUT2D eigenvalue weighted by Gasteiger charge is 2.18. The molecule has 0 saturated carbocycles. The van der Waals surface area contributed by atoms with Gasteiger partial charge in [-0.2, -0.15) is 0 Å². The van der Waals surface area contributed by atoms with E-state index in [4.69, 9.17) is 10.9 Å². The van der Waals surface area contributed by atoms with E-state index in [9.17, 15) is 4.79 Å². The van der Waals surface area contributed by atoms with Gasteiger partial charge in [-0.05, 0) is 19.1 Å². The van der Waals surface area contributed by atoms with Crippen molar-refractivity contribution in [1.82, 2.24) is 0 Å². The van der Waals surface area contributed by atoms with E-state index >= 15 is 0 Å². The van der Waals surface area contributed by atoms with Gasteiger partial charge in [-0.15, -0.1) is 0 Å². The quantitative estimate of drug-likeness (QED) is 0.323. The van der Waals surface area contributed by atoms with Crippen molar-refractivity contribution in [3.05, 3.63) is 24.3 Å². The molecule has 1 aromatic rings. The van der Waals surface area contributed by atoms with E-state index in [1.807, 2.05) is 37.2 Å². The van der Waals surface area contributed by atoms with Gasteiger partial charge in [0.15, 0.2) is 5.84 Å². The van der Waals surface area contributed by atoms with E-state index in [1.54, 1.807) is 13.0 Å². The number of nitrogens with two attached hydrogens (primary N) is 1. The first-order valence-electron chi connectivity index (χ1n) is 5.52. The monoisotopic (exact) mass is 250 g/mol. The number of hydrogen-bond donors (Lipinski definition) is 3. The Balaban J connectivity index is 2.89. The van der Waals surface area contributed by atoms with Crippen LogP contribution in [0.2, 0.25) is 0 Å². The maximum absolute atomic E-state index is 11.9. The zero-order chi connectivity index (χ0) is 13.7. The second-order valence-electron chi connectivity index (χ2n) is 4.15. The highest BCUT2D eigenvalue weighted by Crippen LogP contribution is 2.23. The van der Waals surface area contributed by atoms with Crippen LogP contribution in [0.15, 0.2) is 29.4 Å². The molecule has 0 spiro atoms. The summed E-state index contributed by atoms with van der Waals surface area (Å²) in [6.45, 7) is 1.57. The van der Waals surface area contributed by atoms with E-state index in [-0.39, 0.29) is 11.7 Å². The SMILES string of the molecule is CC(C(=O)Nc1ccccc1N(C)C)/C(N)=N/O. The smallest absolute Gasteiger partial charge is 0.234 e. The average molecular weight is 250 g/mol. The molecule has 6 nitrogen and oxygen atoms in total. The summed E-state index contributed by atoms with van der Waals surface area (Å²) in [6.07, 6.45) is 0.